The maximum absolute atomic E-state index is 3.46. The quantitative estimate of drug-likeness (QED) is 0.875. The molecule has 1 N–H and O–H groups in total. The monoisotopic (exact) mass is 244 g/mol. The van der Waals surface area contributed by atoms with Crippen molar-refractivity contribution >= 4 is 0 Å². The Morgan fingerprint density at radius 1 is 1.00 bits per heavy atom. The van der Waals surface area contributed by atoms with Gasteiger partial charge in [0.1, 0.15) is 0 Å². The molecule has 98 valence electrons. The van der Waals surface area contributed by atoms with Gasteiger partial charge in [-0.25, -0.2) is 0 Å². The van der Waals surface area contributed by atoms with Gasteiger partial charge in [-0.05, 0) is 49.8 Å². The van der Waals surface area contributed by atoms with Crippen molar-refractivity contribution in [2.24, 2.45) is 11.8 Å². The smallest absolute Gasteiger partial charge is 0.0233 e. The average molecular weight is 244 g/mol. The molecule has 0 amide bonds. The fraction of sp³-hybridized carbons (Fsp3) is 0.625. The predicted molar refractivity (Wildman–Crippen MR) is 75.4 cm³/mol. The molecule has 2 nitrogen and oxygen atoms in total. The first kappa shape index (κ1) is 12.2. The van der Waals surface area contributed by atoms with E-state index in [4.69, 9.17) is 0 Å². The van der Waals surface area contributed by atoms with Crippen molar-refractivity contribution in [3.63, 3.8) is 0 Å². The highest BCUT2D eigenvalue weighted by atomic mass is 15.2. The van der Waals surface area contributed by atoms with Crippen LogP contribution in [0.4, 0.5) is 0 Å². The fourth-order valence-electron chi connectivity index (χ4n) is 3.39. The normalized spacial score (nSPS) is 22.9. The fourth-order valence-corrected chi connectivity index (χ4v) is 3.39. The Morgan fingerprint density at radius 3 is 2.44 bits per heavy atom. The van der Waals surface area contributed by atoms with E-state index in [0.717, 1.165) is 18.4 Å². The van der Waals surface area contributed by atoms with Crippen LogP contribution in [0.1, 0.15) is 24.8 Å². The average Bonchev–Trinajstić information content (AvgIpc) is 2.39. The van der Waals surface area contributed by atoms with Gasteiger partial charge in [0.2, 0.25) is 0 Å². The van der Waals surface area contributed by atoms with Gasteiger partial charge in [0.15, 0.2) is 0 Å². The second-order valence-corrected chi connectivity index (χ2v) is 5.97. The summed E-state index contributed by atoms with van der Waals surface area (Å²) in [5.74, 6) is 1.96. The summed E-state index contributed by atoms with van der Waals surface area (Å²) in [5, 5.41) is 3.46. The van der Waals surface area contributed by atoms with E-state index in [1.54, 1.807) is 0 Å². The lowest BCUT2D eigenvalue weighted by molar-refractivity contribution is 0.0698. The highest BCUT2D eigenvalue weighted by Crippen LogP contribution is 2.28. The zero-order chi connectivity index (χ0) is 12.2. The van der Waals surface area contributed by atoms with Crippen LogP contribution in [0.3, 0.4) is 0 Å². The van der Waals surface area contributed by atoms with Gasteiger partial charge < -0.3 is 5.32 Å². The molecule has 3 rings (SSSR count). The van der Waals surface area contributed by atoms with Gasteiger partial charge in [0, 0.05) is 19.6 Å². The minimum atomic E-state index is 0.969. The molecular weight excluding hydrogens is 220 g/mol. The minimum absolute atomic E-state index is 0.969. The van der Waals surface area contributed by atoms with Gasteiger partial charge in [-0.3, -0.25) is 4.90 Å². The summed E-state index contributed by atoms with van der Waals surface area (Å²) in [6, 6.07) is 10.9. The van der Waals surface area contributed by atoms with E-state index >= 15 is 0 Å². The van der Waals surface area contributed by atoms with Crippen LogP contribution >= 0.6 is 0 Å². The van der Waals surface area contributed by atoms with Crippen molar-refractivity contribution < 1.29 is 0 Å². The van der Waals surface area contributed by atoms with Crippen LogP contribution in [0.15, 0.2) is 30.3 Å². The summed E-state index contributed by atoms with van der Waals surface area (Å²) in [4.78, 5) is 2.58. The van der Waals surface area contributed by atoms with Crippen LogP contribution in [-0.4, -0.2) is 31.1 Å². The van der Waals surface area contributed by atoms with Crippen molar-refractivity contribution in [1.82, 2.24) is 10.2 Å². The lowest BCUT2D eigenvalue weighted by atomic mass is 9.84. The highest BCUT2D eigenvalue weighted by molar-refractivity contribution is 5.14. The molecule has 2 fully saturated rings. The third-order valence-electron chi connectivity index (χ3n) is 4.41. The lowest BCUT2D eigenvalue weighted by Gasteiger charge is -2.41. The van der Waals surface area contributed by atoms with Gasteiger partial charge in [0.05, 0.1) is 0 Å². The molecule has 0 aromatic heterocycles. The van der Waals surface area contributed by atoms with Crippen LogP contribution in [0, 0.1) is 11.8 Å². The molecule has 0 unspecified atom stereocenters. The van der Waals surface area contributed by atoms with Crippen LogP contribution < -0.4 is 5.32 Å². The molecule has 2 saturated heterocycles. The number of piperidine rings is 1. The van der Waals surface area contributed by atoms with E-state index in [9.17, 15) is 0 Å². The number of rotatable bonds is 4. The number of nitrogens with one attached hydrogen (secondary N) is 1. The Hall–Kier alpha value is -0.860. The molecule has 0 saturated carbocycles. The first-order valence-electron chi connectivity index (χ1n) is 7.37. The third kappa shape index (κ3) is 3.12. The highest BCUT2D eigenvalue weighted by Gasteiger charge is 2.29. The second kappa shape index (κ2) is 5.85. The zero-order valence-corrected chi connectivity index (χ0v) is 11.1. The van der Waals surface area contributed by atoms with Gasteiger partial charge in [-0.1, -0.05) is 30.3 Å². The topological polar surface area (TPSA) is 15.3 Å². The van der Waals surface area contributed by atoms with Gasteiger partial charge in [-0.15, -0.1) is 0 Å². The van der Waals surface area contributed by atoms with Gasteiger partial charge in [-0.2, -0.15) is 0 Å². The van der Waals surface area contributed by atoms with Crippen molar-refractivity contribution in [2.75, 3.05) is 26.2 Å². The molecule has 0 bridgehead atoms. The van der Waals surface area contributed by atoms with Crippen LogP contribution in [0.5, 0.6) is 0 Å². The summed E-state index contributed by atoms with van der Waals surface area (Å²) in [5.41, 5.74) is 1.46. The van der Waals surface area contributed by atoms with E-state index in [1.165, 1.54) is 51.0 Å². The molecule has 2 heterocycles. The Balaban J connectivity index is 1.38. The molecule has 0 spiro atoms. The van der Waals surface area contributed by atoms with Gasteiger partial charge in [0.25, 0.3) is 0 Å². The predicted octanol–water partition coefficient (Wildman–Crippen LogP) is 2.51. The standard InChI is InChI=1S/C16H24N2/c1-2-4-15(5-3-1)11-18-12-16(13-18)10-14-6-8-17-9-7-14/h1-5,14,16-17H,6-13H2. The number of hydrogen-bond acceptors (Lipinski definition) is 2. The Kier molecular flexibility index (Phi) is 3.96. The first-order valence-corrected chi connectivity index (χ1v) is 7.37. The Morgan fingerprint density at radius 2 is 1.72 bits per heavy atom. The van der Waals surface area contributed by atoms with Crippen molar-refractivity contribution in [2.45, 2.75) is 25.8 Å². The summed E-state index contributed by atoms with van der Waals surface area (Å²) < 4.78 is 0. The summed E-state index contributed by atoms with van der Waals surface area (Å²) >= 11 is 0. The zero-order valence-electron chi connectivity index (χ0n) is 11.1. The summed E-state index contributed by atoms with van der Waals surface area (Å²) in [6.45, 7) is 6.26. The SMILES string of the molecule is c1ccc(CN2CC(CC3CCNCC3)C2)cc1. The number of likely N-dealkylation sites (tertiary alicyclic amines) is 1. The van der Waals surface area contributed by atoms with E-state index < -0.39 is 0 Å². The molecule has 2 aliphatic rings. The van der Waals surface area contributed by atoms with Crippen molar-refractivity contribution in [1.29, 1.82) is 0 Å². The molecule has 2 heteroatoms. The van der Waals surface area contributed by atoms with E-state index in [1.807, 2.05) is 0 Å². The molecule has 0 aliphatic carbocycles. The molecule has 2 aliphatic heterocycles. The molecule has 1 aromatic carbocycles. The molecular formula is C16H24N2. The lowest BCUT2D eigenvalue weighted by Crippen LogP contribution is -2.47. The largest absolute Gasteiger partial charge is 0.317 e. The number of hydrogen-bond donors (Lipinski definition) is 1. The summed E-state index contributed by atoms with van der Waals surface area (Å²) in [7, 11) is 0. The molecule has 0 radical (unpaired) electrons. The van der Waals surface area contributed by atoms with E-state index in [2.05, 4.69) is 40.5 Å². The molecule has 0 atom stereocenters. The molecule has 18 heavy (non-hydrogen) atoms. The Labute approximate surface area is 110 Å². The van der Waals surface area contributed by atoms with E-state index in [-0.39, 0.29) is 0 Å². The van der Waals surface area contributed by atoms with Crippen molar-refractivity contribution in [3.05, 3.63) is 35.9 Å². The van der Waals surface area contributed by atoms with Crippen molar-refractivity contribution in [3.8, 4) is 0 Å². The number of benzene rings is 1. The summed E-state index contributed by atoms with van der Waals surface area (Å²) in [6.07, 6.45) is 4.26. The molecule has 1 aromatic rings. The van der Waals surface area contributed by atoms with Crippen LogP contribution in [0.25, 0.3) is 0 Å². The maximum atomic E-state index is 3.46. The third-order valence-corrected chi connectivity index (χ3v) is 4.41. The number of nitrogens with zero attached hydrogens (tertiary/aromatic N) is 1. The Bertz CT molecular complexity index is 351. The first-order chi connectivity index (χ1) is 8.90. The minimum Gasteiger partial charge on any atom is -0.317 e. The van der Waals surface area contributed by atoms with Gasteiger partial charge >= 0.3 is 0 Å². The second-order valence-electron chi connectivity index (χ2n) is 5.97. The van der Waals surface area contributed by atoms with Crippen LogP contribution in [-0.2, 0) is 6.54 Å². The van der Waals surface area contributed by atoms with Crippen LogP contribution in [0.2, 0.25) is 0 Å². The van der Waals surface area contributed by atoms with E-state index in [0.29, 0.717) is 0 Å². The maximum Gasteiger partial charge on any atom is 0.0233 e.